The maximum absolute atomic E-state index is 14.6. The van der Waals surface area contributed by atoms with Gasteiger partial charge in [0.05, 0.1) is 24.2 Å². The highest BCUT2D eigenvalue weighted by Crippen LogP contribution is 2.27. The number of hydrogen-bond donors (Lipinski definition) is 3. The summed E-state index contributed by atoms with van der Waals surface area (Å²) in [7, 11) is -3.67. The van der Waals surface area contributed by atoms with Crippen LogP contribution in [0.5, 0.6) is 0 Å². The number of alkyl halides is 1. The zero-order valence-corrected chi connectivity index (χ0v) is 18.2. The molecule has 3 rings (SSSR count). The van der Waals surface area contributed by atoms with Crippen LogP contribution in [-0.2, 0) is 15.7 Å². The van der Waals surface area contributed by atoms with Gasteiger partial charge < -0.3 is 20.3 Å². The summed E-state index contributed by atoms with van der Waals surface area (Å²) in [5, 5.41) is 9.14. The third-order valence-corrected chi connectivity index (χ3v) is 4.46. The average Bonchev–Trinajstić information content (AvgIpc) is 2.91. The van der Waals surface area contributed by atoms with Crippen molar-refractivity contribution in [2.24, 2.45) is 5.73 Å². The molecule has 2 atom stereocenters. The standard InChI is InChI=1S/C17H20F2N4O3.CH4O3S/c1-17(2,3)23-5-9(16(25)26)13(24)8-4-10(18)15(21-14(8)23)22-6-11(19)12(20)7-22;1-5(2,3)4/h4-5,11-12H,6-7,20H2,1-3H3,(H,25,26);1H3,(H,2,3,4)/t11-,12-;/m1./s1. The van der Waals surface area contributed by atoms with Gasteiger partial charge in [-0.2, -0.15) is 8.42 Å². The summed E-state index contributed by atoms with van der Waals surface area (Å²) in [6, 6.07) is 0.220. The molecule has 31 heavy (non-hydrogen) atoms. The van der Waals surface area contributed by atoms with Crippen LogP contribution in [0.15, 0.2) is 17.1 Å². The Labute approximate surface area is 177 Å². The van der Waals surface area contributed by atoms with E-state index in [0.717, 1.165) is 6.07 Å². The number of halogens is 2. The van der Waals surface area contributed by atoms with Gasteiger partial charge in [0.25, 0.3) is 10.1 Å². The summed E-state index contributed by atoms with van der Waals surface area (Å²) >= 11 is 0. The van der Waals surface area contributed by atoms with E-state index in [9.17, 15) is 31.9 Å². The van der Waals surface area contributed by atoms with E-state index < -0.39 is 50.6 Å². The smallest absolute Gasteiger partial charge is 0.341 e. The van der Waals surface area contributed by atoms with Crippen molar-refractivity contribution in [2.45, 2.75) is 38.5 Å². The van der Waals surface area contributed by atoms with E-state index in [1.54, 1.807) is 20.8 Å². The lowest BCUT2D eigenvalue weighted by molar-refractivity contribution is 0.0694. The first-order chi connectivity index (χ1) is 14.0. The van der Waals surface area contributed by atoms with E-state index in [1.165, 1.54) is 15.7 Å². The van der Waals surface area contributed by atoms with Gasteiger partial charge in [-0.15, -0.1) is 0 Å². The molecule has 10 nitrogen and oxygen atoms in total. The maximum atomic E-state index is 14.6. The number of rotatable bonds is 2. The maximum Gasteiger partial charge on any atom is 0.341 e. The normalized spacial score (nSPS) is 19.3. The minimum Gasteiger partial charge on any atom is -0.477 e. The van der Waals surface area contributed by atoms with Crippen molar-refractivity contribution >= 4 is 32.9 Å². The van der Waals surface area contributed by atoms with Crippen molar-refractivity contribution in [3.63, 3.8) is 0 Å². The number of aromatic nitrogens is 2. The molecule has 0 spiro atoms. The molecule has 1 aliphatic rings. The van der Waals surface area contributed by atoms with Gasteiger partial charge in [-0.3, -0.25) is 9.35 Å². The summed E-state index contributed by atoms with van der Waals surface area (Å²) in [6.45, 7) is 5.41. The number of nitrogens with zero attached hydrogens (tertiary/aromatic N) is 3. The number of hydrogen-bond acceptors (Lipinski definition) is 7. The molecule has 4 N–H and O–H groups in total. The van der Waals surface area contributed by atoms with Crippen molar-refractivity contribution in [2.75, 3.05) is 24.2 Å². The number of carbonyl (C=O) groups is 1. The lowest BCUT2D eigenvalue weighted by Gasteiger charge is -2.26. The molecule has 13 heteroatoms. The average molecular weight is 462 g/mol. The number of nitrogens with two attached hydrogens (primary N) is 1. The van der Waals surface area contributed by atoms with Crippen LogP contribution in [0.4, 0.5) is 14.6 Å². The van der Waals surface area contributed by atoms with Crippen LogP contribution in [0.1, 0.15) is 31.1 Å². The highest BCUT2D eigenvalue weighted by Gasteiger charge is 2.33. The van der Waals surface area contributed by atoms with Gasteiger partial charge in [-0.1, -0.05) is 0 Å². The molecule has 2 aromatic rings. The number of anilines is 1. The number of fused-ring (bicyclic) bond motifs is 1. The SMILES string of the molecule is CC(C)(C)n1cc(C(=O)O)c(=O)c2cc(F)c(N3C[C@@H](N)[C@H](F)C3)nc21.CS(=O)(=O)O. The summed E-state index contributed by atoms with van der Waals surface area (Å²) in [5.74, 6) is -2.32. The molecule has 3 heterocycles. The Bertz CT molecular complexity index is 1160. The Balaban J connectivity index is 0.000000614. The third kappa shape index (κ3) is 5.74. The van der Waals surface area contributed by atoms with E-state index in [2.05, 4.69) is 4.98 Å². The van der Waals surface area contributed by atoms with Gasteiger partial charge in [-0.25, -0.2) is 18.6 Å². The molecule has 0 aliphatic carbocycles. The molecule has 2 aromatic heterocycles. The molecule has 0 bridgehead atoms. The quantitative estimate of drug-likeness (QED) is 0.554. The largest absolute Gasteiger partial charge is 0.477 e. The molecule has 0 radical (unpaired) electrons. The summed E-state index contributed by atoms with van der Waals surface area (Å²) in [6.07, 6.45) is 0.619. The van der Waals surface area contributed by atoms with Gasteiger partial charge in [0.2, 0.25) is 5.43 Å². The van der Waals surface area contributed by atoms with E-state index in [1.807, 2.05) is 0 Å². The molecule has 172 valence electrons. The van der Waals surface area contributed by atoms with Gasteiger partial charge in [0.1, 0.15) is 17.4 Å². The Morgan fingerprint density at radius 3 is 2.29 bits per heavy atom. The number of pyridine rings is 2. The highest BCUT2D eigenvalue weighted by atomic mass is 32.2. The van der Waals surface area contributed by atoms with Crippen LogP contribution in [0.2, 0.25) is 0 Å². The van der Waals surface area contributed by atoms with E-state index in [0.29, 0.717) is 6.26 Å². The third-order valence-electron chi connectivity index (χ3n) is 4.46. The molecular formula is C18H24F2N4O6S. The Morgan fingerprint density at radius 1 is 1.32 bits per heavy atom. The monoisotopic (exact) mass is 462 g/mol. The highest BCUT2D eigenvalue weighted by molar-refractivity contribution is 7.85. The molecule has 1 aliphatic heterocycles. The fourth-order valence-corrected chi connectivity index (χ4v) is 3.06. The number of carboxylic acids is 1. The summed E-state index contributed by atoms with van der Waals surface area (Å²) < 4.78 is 55.7. The minimum absolute atomic E-state index is 0.0937. The van der Waals surface area contributed by atoms with Crippen molar-refractivity contribution in [1.82, 2.24) is 9.55 Å². The molecule has 0 amide bonds. The van der Waals surface area contributed by atoms with Gasteiger partial charge in [0, 0.05) is 18.3 Å². The van der Waals surface area contributed by atoms with Gasteiger partial charge in [0.15, 0.2) is 11.6 Å². The minimum atomic E-state index is -3.67. The predicted octanol–water partition coefficient (Wildman–Crippen LogP) is 0.978. The van der Waals surface area contributed by atoms with E-state index >= 15 is 0 Å². The zero-order chi connectivity index (χ0) is 23.9. The first kappa shape index (κ1) is 24.6. The van der Waals surface area contributed by atoms with E-state index in [4.69, 9.17) is 10.3 Å². The van der Waals surface area contributed by atoms with Crippen LogP contribution >= 0.6 is 0 Å². The lowest BCUT2D eigenvalue weighted by Crippen LogP contribution is -2.31. The molecule has 0 unspecified atom stereocenters. The molecule has 0 saturated carbocycles. The molecule has 0 aromatic carbocycles. The number of aromatic carboxylic acids is 1. The second-order valence-electron chi connectivity index (χ2n) is 8.20. The van der Waals surface area contributed by atoms with Crippen LogP contribution in [0.3, 0.4) is 0 Å². The summed E-state index contributed by atoms with van der Waals surface area (Å²) in [4.78, 5) is 29.5. The van der Waals surface area contributed by atoms with E-state index in [-0.39, 0.29) is 29.9 Å². The van der Waals surface area contributed by atoms with Gasteiger partial charge >= 0.3 is 5.97 Å². The zero-order valence-electron chi connectivity index (χ0n) is 17.3. The molecular weight excluding hydrogens is 438 g/mol. The molecule has 1 saturated heterocycles. The fourth-order valence-electron chi connectivity index (χ4n) is 3.06. The van der Waals surface area contributed by atoms with Crippen molar-refractivity contribution in [3.8, 4) is 0 Å². The molecule has 1 fully saturated rings. The Kier molecular flexibility index (Phi) is 6.73. The first-order valence-corrected chi connectivity index (χ1v) is 10.9. The first-order valence-electron chi connectivity index (χ1n) is 9.07. The van der Waals surface area contributed by atoms with Crippen LogP contribution in [0, 0.1) is 5.82 Å². The Hall–Kier alpha value is -2.64. The second-order valence-corrected chi connectivity index (χ2v) is 9.67. The van der Waals surface area contributed by atoms with Crippen molar-refractivity contribution < 1.29 is 31.7 Å². The lowest BCUT2D eigenvalue weighted by atomic mass is 10.1. The van der Waals surface area contributed by atoms with Crippen LogP contribution in [-0.4, -0.2) is 65.2 Å². The number of carboxylic acid groups (broad SMARTS) is 1. The van der Waals surface area contributed by atoms with Crippen molar-refractivity contribution in [3.05, 3.63) is 33.9 Å². The second kappa shape index (κ2) is 8.48. The van der Waals surface area contributed by atoms with Crippen LogP contribution < -0.4 is 16.1 Å². The Morgan fingerprint density at radius 2 is 1.87 bits per heavy atom. The fraction of sp³-hybridized carbons (Fsp3) is 0.500. The van der Waals surface area contributed by atoms with Crippen molar-refractivity contribution in [1.29, 1.82) is 0 Å². The van der Waals surface area contributed by atoms with Gasteiger partial charge in [-0.05, 0) is 26.8 Å². The van der Waals surface area contributed by atoms with Crippen LogP contribution in [0.25, 0.3) is 11.0 Å². The topological polar surface area (TPSA) is 156 Å². The summed E-state index contributed by atoms with van der Waals surface area (Å²) in [5.41, 5.74) is 3.90. The predicted molar refractivity (Wildman–Crippen MR) is 110 cm³/mol.